The van der Waals surface area contributed by atoms with Gasteiger partial charge in [0.1, 0.15) is 5.82 Å². The van der Waals surface area contributed by atoms with Crippen LogP contribution in [0.25, 0.3) is 5.69 Å². The molecule has 0 saturated carbocycles. The molecule has 27 heavy (non-hydrogen) atoms. The standard InChI is InChI=1S/C19H20FN5OS/c20-16-2-1-3-17(14-16)25-18(24-9-11-26-12-10-24)22-23-19(25)27-13-6-15-4-7-21-8-5-15/h1-5,7-8,14H,6,9-13H2. The molecular weight excluding hydrogens is 365 g/mol. The van der Waals surface area contributed by atoms with Crippen LogP contribution < -0.4 is 4.90 Å². The van der Waals surface area contributed by atoms with E-state index < -0.39 is 0 Å². The number of hydrogen-bond acceptors (Lipinski definition) is 6. The zero-order valence-corrected chi connectivity index (χ0v) is 15.6. The third-order valence-electron chi connectivity index (χ3n) is 4.35. The Morgan fingerprint density at radius 3 is 2.67 bits per heavy atom. The molecule has 1 saturated heterocycles. The highest BCUT2D eigenvalue weighted by molar-refractivity contribution is 7.99. The number of morpholine rings is 1. The van der Waals surface area contributed by atoms with Crippen LogP contribution in [0.1, 0.15) is 5.56 Å². The average Bonchev–Trinajstić information content (AvgIpc) is 3.13. The largest absolute Gasteiger partial charge is 0.378 e. The highest BCUT2D eigenvalue weighted by Gasteiger charge is 2.22. The van der Waals surface area contributed by atoms with Gasteiger partial charge in [0.05, 0.1) is 18.9 Å². The van der Waals surface area contributed by atoms with Crippen molar-refractivity contribution in [2.24, 2.45) is 0 Å². The number of rotatable bonds is 6. The van der Waals surface area contributed by atoms with E-state index in [4.69, 9.17) is 4.74 Å². The summed E-state index contributed by atoms with van der Waals surface area (Å²) in [5.74, 6) is 1.30. The monoisotopic (exact) mass is 385 g/mol. The van der Waals surface area contributed by atoms with Gasteiger partial charge in [-0.2, -0.15) is 0 Å². The summed E-state index contributed by atoms with van der Waals surface area (Å²) in [6.07, 6.45) is 4.49. The van der Waals surface area contributed by atoms with Crippen LogP contribution in [-0.2, 0) is 11.2 Å². The van der Waals surface area contributed by atoms with Crippen molar-refractivity contribution in [1.82, 2.24) is 19.7 Å². The summed E-state index contributed by atoms with van der Waals surface area (Å²) in [6.45, 7) is 2.80. The molecule has 0 unspecified atom stereocenters. The Kier molecular flexibility index (Phi) is 5.64. The van der Waals surface area contributed by atoms with Crippen LogP contribution in [0, 0.1) is 5.82 Å². The number of halogens is 1. The molecule has 3 aromatic rings. The number of anilines is 1. The Labute approximate surface area is 161 Å². The Bertz CT molecular complexity index is 883. The number of nitrogens with zero attached hydrogens (tertiary/aromatic N) is 5. The van der Waals surface area contributed by atoms with E-state index >= 15 is 0 Å². The van der Waals surface area contributed by atoms with Gasteiger partial charge in [0.15, 0.2) is 5.16 Å². The Balaban J connectivity index is 1.59. The molecule has 3 heterocycles. The van der Waals surface area contributed by atoms with E-state index in [1.54, 1.807) is 30.2 Å². The number of aromatic nitrogens is 4. The zero-order valence-electron chi connectivity index (χ0n) is 14.8. The molecule has 0 atom stereocenters. The van der Waals surface area contributed by atoms with E-state index in [9.17, 15) is 4.39 Å². The maximum Gasteiger partial charge on any atom is 0.232 e. The second kappa shape index (κ2) is 8.49. The summed E-state index contributed by atoms with van der Waals surface area (Å²) in [5.41, 5.74) is 1.95. The Morgan fingerprint density at radius 1 is 1.07 bits per heavy atom. The normalized spacial score (nSPS) is 14.5. The number of thioether (sulfide) groups is 1. The van der Waals surface area contributed by atoms with Gasteiger partial charge in [0.25, 0.3) is 0 Å². The number of ether oxygens (including phenoxy) is 1. The maximum absolute atomic E-state index is 13.8. The van der Waals surface area contributed by atoms with Crippen LogP contribution >= 0.6 is 11.8 Å². The molecule has 1 aliphatic rings. The van der Waals surface area contributed by atoms with Gasteiger partial charge in [0, 0.05) is 31.2 Å². The molecule has 0 spiro atoms. The SMILES string of the molecule is Fc1cccc(-n2c(SCCc3ccncc3)nnc2N2CCOCC2)c1. The van der Waals surface area contributed by atoms with Crippen molar-refractivity contribution in [2.75, 3.05) is 37.0 Å². The van der Waals surface area contributed by atoms with Crippen LogP contribution in [-0.4, -0.2) is 51.8 Å². The van der Waals surface area contributed by atoms with Gasteiger partial charge in [-0.25, -0.2) is 4.39 Å². The van der Waals surface area contributed by atoms with Gasteiger partial charge in [0.2, 0.25) is 5.95 Å². The third kappa shape index (κ3) is 4.28. The number of hydrogen-bond donors (Lipinski definition) is 0. The van der Waals surface area contributed by atoms with Gasteiger partial charge < -0.3 is 9.64 Å². The van der Waals surface area contributed by atoms with E-state index in [0.29, 0.717) is 13.2 Å². The van der Waals surface area contributed by atoms with Crippen molar-refractivity contribution in [3.63, 3.8) is 0 Å². The third-order valence-corrected chi connectivity index (χ3v) is 5.28. The topological polar surface area (TPSA) is 56.1 Å². The summed E-state index contributed by atoms with van der Waals surface area (Å²) in [4.78, 5) is 6.18. The van der Waals surface area contributed by atoms with Gasteiger partial charge in [-0.3, -0.25) is 9.55 Å². The minimum Gasteiger partial charge on any atom is -0.378 e. The maximum atomic E-state index is 13.8. The van der Waals surface area contributed by atoms with Crippen molar-refractivity contribution in [2.45, 2.75) is 11.6 Å². The summed E-state index contributed by atoms with van der Waals surface area (Å²) in [7, 11) is 0. The minimum absolute atomic E-state index is 0.276. The molecule has 1 fully saturated rings. The summed E-state index contributed by atoms with van der Waals surface area (Å²) < 4.78 is 21.2. The quantitative estimate of drug-likeness (QED) is 0.608. The van der Waals surface area contributed by atoms with Crippen LogP contribution in [0.4, 0.5) is 10.3 Å². The van der Waals surface area contributed by atoms with E-state index in [0.717, 1.165) is 42.1 Å². The van der Waals surface area contributed by atoms with Crippen molar-refractivity contribution < 1.29 is 9.13 Å². The van der Waals surface area contributed by atoms with Crippen molar-refractivity contribution in [3.05, 3.63) is 60.2 Å². The molecular formula is C19H20FN5OS. The van der Waals surface area contributed by atoms with Gasteiger partial charge in [-0.05, 0) is 42.3 Å². The molecule has 2 aromatic heterocycles. The van der Waals surface area contributed by atoms with Crippen LogP contribution in [0.3, 0.4) is 0 Å². The molecule has 8 heteroatoms. The molecule has 0 amide bonds. The fraction of sp³-hybridized carbons (Fsp3) is 0.316. The lowest BCUT2D eigenvalue weighted by Crippen LogP contribution is -2.37. The molecule has 1 aromatic carbocycles. The summed E-state index contributed by atoms with van der Waals surface area (Å²) in [5, 5.41) is 9.55. The van der Waals surface area contributed by atoms with Crippen LogP contribution in [0.5, 0.6) is 0 Å². The van der Waals surface area contributed by atoms with Crippen LogP contribution in [0.2, 0.25) is 0 Å². The first kappa shape index (κ1) is 17.9. The van der Waals surface area contributed by atoms with E-state index in [1.165, 1.54) is 17.7 Å². The molecule has 0 aliphatic carbocycles. The zero-order chi connectivity index (χ0) is 18.5. The van der Waals surface area contributed by atoms with E-state index in [1.807, 2.05) is 22.8 Å². The Morgan fingerprint density at radius 2 is 1.89 bits per heavy atom. The number of benzene rings is 1. The predicted octanol–water partition coefficient (Wildman–Crippen LogP) is 2.97. The first-order valence-electron chi connectivity index (χ1n) is 8.87. The van der Waals surface area contributed by atoms with Gasteiger partial charge in [-0.1, -0.05) is 17.8 Å². The van der Waals surface area contributed by atoms with Gasteiger partial charge >= 0.3 is 0 Å². The fourth-order valence-electron chi connectivity index (χ4n) is 2.97. The fourth-order valence-corrected chi connectivity index (χ4v) is 3.91. The first-order valence-corrected chi connectivity index (χ1v) is 9.85. The van der Waals surface area contributed by atoms with E-state index in [2.05, 4.69) is 20.1 Å². The number of pyridine rings is 1. The average molecular weight is 385 g/mol. The minimum atomic E-state index is -0.276. The Hall–Kier alpha value is -2.45. The molecule has 0 bridgehead atoms. The molecule has 6 nitrogen and oxygen atoms in total. The lowest BCUT2D eigenvalue weighted by Gasteiger charge is -2.27. The molecule has 0 radical (unpaired) electrons. The summed E-state index contributed by atoms with van der Waals surface area (Å²) in [6, 6.07) is 10.6. The van der Waals surface area contributed by atoms with Crippen molar-refractivity contribution in [1.29, 1.82) is 0 Å². The predicted molar refractivity (Wildman–Crippen MR) is 103 cm³/mol. The lowest BCUT2D eigenvalue weighted by molar-refractivity contribution is 0.122. The lowest BCUT2D eigenvalue weighted by atomic mass is 10.2. The smallest absolute Gasteiger partial charge is 0.232 e. The first-order chi connectivity index (χ1) is 13.3. The van der Waals surface area contributed by atoms with Crippen molar-refractivity contribution >= 4 is 17.7 Å². The number of aryl methyl sites for hydroxylation is 1. The second-order valence-corrected chi connectivity index (χ2v) is 7.21. The molecule has 140 valence electrons. The molecule has 1 aliphatic heterocycles. The highest BCUT2D eigenvalue weighted by Crippen LogP contribution is 2.28. The van der Waals surface area contributed by atoms with E-state index in [-0.39, 0.29) is 5.82 Å². The van der Waals surface area contributed by atoms with Gasteiger partial charge in [-0.15, -0.1) is 10.2 Å². The summed E-state index contributed by atoms with van der Waals surface area (Å²) >= 11 is 1.62. The molecule has 0 N–H and O–H groups in total. The van der Waals surface area contributed by atoms with Crippen LogP contribution in [0.15, 0.2) is 53.9 Å². The highest BCUT2D eigenvalue weighted by atomic mass is 32.2. The second-order valence-electron chi connectivity index (χ2n) is 6.15. The van der Waals surface area contributed by atoms with Crippen molar-refractivity contribution in [3.8, 4) is 5.69 Å². The molecule has 4 rings (SSSR count).